The van der Waals surface area contributed by atoms with Crippen molar-refractivity contribution in [1.29, 1.82) is 0 Å². The zero-order valence-electron chi connectivity index (χ0n) is 9.82. The van der Waals surface area contributed by atoms with Crippen LogP contribution in [0.5, 0.6) is 0 Å². The minimum Gasteiger partial charge on any atom is -0.327 e. The second-order valence-corrected chi connectivity index (χ2v) is 4.17. The van der Waals surface area contributed by atoms with Crippen molar-refractivity contribution in [2.45, 2.75) is 25.8 Å². The molecule has 0 spiro atoms. The van der Waals surface area contributed by atoms with Crippen LogP contribution in [-0.4, -0.2) is 31.1 Å². The van der Waals surface area contributed by atoms with Crippen LogP contribution in [0.2, 0.25) is 0 Å². The maximum atomic E-state index is 5.90. The molecule has 2 heteroatoms. The minimum atomic E-state index is 0.311. The third-order valence-electron chi connectivity index (χ3n) is 2.70. The van der Waals surface area contributed by atoms with Gasteiger partial charge in [-0.3, -0.25) is 0 Å². The lowest BCUT2D eigenvalue weighted by molar-refractivity contribution is 0.311. The molecule has 0 fully saturated rings. The smallest absolute Gasteiger partial charge is 0.0165 e. The summed E-state index contributed by atoms with van der Waals surface area (Å²) in [6.07, 6.45) is 2.16. The summed E-state index contributed by atoms with van der Waals surface area (Å²) in [5, 5.41) is 0. The molecule has 15 heavy (non-hydrogen) atoms. The molecule has 0 saturated carbocycles. The van der Waals surface area contributed by atoms with Crippen LogP contribution >= 0.6 is 0 Å². The molecule has 1 aromatic rings. The van der Waals surface area contributed by atoms with Crippen molar-refractivity contribution >= 4 is 0 Å². The fourth-order valence-electron chi connectivity index (χ4n) is 1.59. The summed E-state index contributed by atoms with van der Waals surface area (Å²) in [6.45, 7) is 4.21. The highest BCUT2D eigenvalue weighted by Crippen LogP contribution is 2.01. The Balaban J connectivity index is 2.25. The SMILES string of the molecule is CCC(N)CN(C)CCc1ccccc1. The average molecular weight is 206 g/mol. The predicted molar refractivity (Wildman–Crippen MR) is 65.9 cm³/mol. The number of nitrogens with zero attached hydrogens (tertiary/aromatic N) is 1. The molecular weight excluding hydrogens is 184 g/mol. The van der Waals surface area contributed by atoms with Crippen LogP contribution in [0.15, 0.2) is 30.3 Å². The molecule has 84 valence electrons. The Bertz CT molecular complexity index is 258. The van der Waals surface area contributed by atoms with Crippen LogP contribution in [0.25, 0.3) is 0 Å². The molecule has 0 heterocycles. The molecule has 0 saturated heterocycles. The number of benzene rings is 1. The standard InChI is InChI=1S/C13H22N2/c1-3-13(14)11-15(2)10-9-12-7-5-4-6-8-12/h4-8,13H,3,9-11,14H2,1-2H3. The molecule has 1 atom stereocenters. The van der Waals surface area contributed by atoms with E-state index in [1.165, 1.54) is 5.56 Å². The number of hydrogen-bond acceptors (Lipinski definition) is 2. The molecule has 2 N–H and O–H groups in total. The zero-order chi connectivity index (χ0) is 11.1. The summed E-state index contributed by atoms with van der Waals surface area (Å²) >= 11 is 0. The van der Waals surface area contributed by atoms with Crippen LogP contribution in [0, 0.1) is 0 Å². The van der Waals surface area contributed by atoms with Crippen molar-refractivity contribution in [3.8, 4) is 0 Å². The van der Waals surface area contributed by atoms with Gasteiger partial charge in [0, 0.05) is 19.1 Å². The minimum absolute atomic E-state index is 0.311. The highest BCUT2D eigenvalue weighted by Gasteiger charge is 2.04. The van der Waals surface area contributed by atoms with E-state index in [0.29, 0.717) is 6.04 Å². The molecule has 1 unspecified atom stereocenters. The summed E-state index contributed by atoms with van der Waals surface area (Å²) in [4.78, 5) is 2.31. The second-order valence-electron chi connectivity index (χ2n) is 4.17. The molecule has 0 aliphatic rings. The maximum absolute atomic E-state index is 5.90. The van der Waals surface area contributed by atoms with Gasteiger partial charge in [0.2, 0.25) is 0 Å². The fraction of sp³-hybridized carbons (Fsp3) is 0.538. The highest BCUT2D eigenvalue weighted by molar-refractivity contribution is 5.14. The lowest BCUT2D eigenvalue weighted by Crippen LogP contribution is -2.35. The first kappa shape index (κ1) is 12.2. The van der Waals surface area contributed by atoms with E-state index >= 15 is 0 Å². The maximum Gasteiger partial charge on any atom is 0.0165 e. The summed E-state index contributed by atoms with van der Waals surface area (Å²) < 4.78 is 0. The third-order valence-corrected chi connectivity index (χ3v) is 2.70. The lowest BCUT2D eigenvalue weighted by Gasteiger charge is -2.20. The molecule has 0 radical (unpaired) electrons. The van der Waals surface area contributed by atoms with Crippen LogP contribution in [0.1, 0.15) is 18.9 Å². The summed E-state index contributed by atoms with van der Waals surface area (Å²) in [5.41, 5.74) is 7.30. The first-order chi connectivity index (χ1) is 7.22. The Kier molecular flexibility index (Phi) is 5.37. The zero-order valence-corrected chi connectivity index (χ0v) is 9.82. The Hall–Kier alpha value is -0.860. The topological polar surface area (TPSA) is 29.3 Å². The van der Waals surface area contributed by atoms with Gasteiger partial charge in [0.25, 0.3) is 0 Å². The second kappa shape index (κ2) is 6.59. The molecule has 2 nitrogen and oxygen atoms in total. The van der Waals surface area contributed by atoms with Gasteiger partial charge >= 0.3 is 0 Å². The van der Waals surface area contributed by atoms with E-state index < -0.39 is 0 Å². The fourth-order valence-corrected chi connectivity index (χ4v) is 1.59. The number of hydrogen-bond donors (Lipinski definition) is 1. The van der Waals surface area contributed by atoms with Gasteiger partial charge in [0.1, 0.15) is 0 Å². The van der Waals surface area contributed by atoms with Gasteiger partial charge in [-0.25, -0.2) is 0 Å². The Morgan fingerprint density at radius 3 is 2.53 bits per heavy atom. The molecule has 0 bridgehead atoms. The van der Waals surface area contributed by atoms with Gasteiger partial charge in [-0.1, -0.05) is 37.3 Å². The van der Waals surface area contributed by atoms with Crippen molar-refractivity contribution in [2.24, 2.45) is 5.73 Å². The van der Waals surface area contributed by atoms with Gasteiger partial charge in [-0.05, 0) is 25.5 Å². The van der Waals surface area contributed by atoms with Crippen LogP contribution in [0.4, 0.5) is 0 Å². The van der Waals surface area contributed by atoms with Crippen LogP contribution in [-0.2, 0) is 6.42 Å². The molecule has 0 aliphatic heterocycles. The van der Waals surface area contributed by atoms with Crippen molar-refractivity contribution < 1.29 is 0 Å². The van der Waals surface area contributed by atoms with E-state index in [0.717, 1.165) is 25.9 Å². The summed E-state index contributed by atoms with van der Waals surface area (Å²) in [6, 6.07) is 10.9. The van der Waals surface area contributed by atoms with Crippen molar-refractivity contribution in [2.75, 3.05) is 20.1 Å². The Morgan fingerprint density at radius 2 is 1.93 bits per heavy atom. The summed E-state index contributed by atoms with van der Waals surface area (Å²) in [5.74, 6) is 0. The van der Waals surface area contributed by atoms with Crippen LogP contribution in [0.3, 0.4) is 0 Å². The van der Waals surface area contributed by atoms with Crippen molar-refractivity contribution in [3.63, 3.8) is 0 Å². The van der Waals surface area contributed by atoms with Crippen LogP contribution < -0.4 is 5.73 Å². The van der Waals surface area contributed by atoms with Crippen molar-refractivity contribution in [1.82, 2.24) is 4.90 Å². The molecule has 0 amide bonds. The third kappa shape index (κ3) is 4.96. The Labute approximate surface area is 93.1 Å². The number of likely N-dealkylation sites (N-methyl/N-ethyl adjacent to an activating group) is 1. The number of rotatable bonds is 6. The van der Waals surface area contributed by atoms with E-state index in [9.17, 15) is 0 Å². The van der Waals surface area contributed by atoms with Gasteiger partial charge < -0.3 is 10.6 Å². The number of nitrogens with two attached hydrogens (primary N) is 1. The highest BCUT2D eigenvalue weighted by atomic mass is 15.1. The first-order valence-electron chi connectivity index (χ1n) is 5.70. The van der Waals surface area contributed by atoms with Crippen molar-refractivity contribution in [3.05, 3.63) is 35.9 Å². The quantitative estimate of drug-likeness (QED) is 0.770. The predicted octanol–water partition coefficient (Wildman–Crippen LogP) is 1.90. The van der Waals surface area contributed by atoms with E-state index in [1.54, 1.807) is 0 Å². The summed E-state index contributed by atoms with van der Waals surface area (Å²) in [7, 11) is 2.14. The van der Waals surface area contributed by atoms with Gasteiger partial charge in [-0.2, -0.15) is 0 Å². The van der Waals surface area contributed by atoms with Gasteiger partial charge in [0.15, 0.2) is 0 Å². The van der Waals surface area contributed by atoms with Gasteiger partial charge in [0.05, 0.1) is 0 Å². The monoisotopic (exact) mass is 206 g/mol. The average Bonchev–Trinajstić information content (AvgIpc) is 2.27. The van der Waals surface area contributed by atoms with E-state index in [-0.39, 0.29) is 0 Å². The van der Waals surface area contributed by atoms with E-state index in [2.05, 4.69) is 49.2 Å². The molecule has 1 aromatic carbocycles. The largest absolute Gasteiger partial charge is 0.327 e. The molecule has 1 rings (SSSR count). The first-order valence-corrected chi connectivity index (χ1v) is 5.70. The lowest BCUT2D eigenvalue weighted by atomic mass is 10.1. The molecule has 0 aliphatic carbocycles. The van der Waals surface area contributed by atoms with E-state index in [4.69, 9.17) is 5.73 Å². The normalized spacial score (nSPS) is 13.1. The van der Waals surface area contributed by atoms with E-state index in [1.807, 2.05) is 0 Å². The molecular formula is C13H22N2. The Morgan fingerprint density at radius 1 is 1.27 bits per heavy atom. The van der Waals surface area contributed by atoms with Gasteiger partial charge in [-0.15, -0.1) is 0 Å². The molecule has 0 aromatic heterocycles.